The summed E-state index contributed by atoms with van der Waals surface area (Å²) in [7, 11) is 0. The van der Waals surface area contributed by atoms with Crippen LogP contribution in [0.4, 0.5) is 5.82 Å². The smallest absolute Gasteiger partial charge is 0.126 e. The van der Waals surface area contributed by atoms with Gasteiger partial charge in [-0.15, -0.1) is 0 Å². The van der Waals surface area contributed by atoms with Crippen molar-refractivity contribution in [2.75, 3.05) is 11.9 Å². The maximum atomic E-state index is 4.80. The Bertz CT molecular complexity index is 594. The minimum Gasteiger partial charge on any atom is -0.370 e. The first-order chi connectivity index (χ1) is 10.6. The fourth-order valence-electron chi connectivity index (χ4n) is 3.02. The number of aryl methyl sites for hydroxylation is 3. The Balaban J connectivity index is 2.12. The second kappa shape index (κ2) is 7.98. The van der Waals surface area contributed by atoms with Crippen molar-refractivity contribution in [2.45, 2.75) is 53.4 Å². The van der Waals surface area contributed by atoms with Crippen LogP contribution in [0, 0.1) is 20.8 Å². The van der Waals surface area contributed by atoms with Crippen LogP contribution in [0.2, 0.25) is 0 Å². The molecule has 2 nitrogen and oxygen atoms in total. The molecule has 0 radical (unpaired) electrons. The van der Waals surface area contributed by atoms with E-state index in [2.05, 4.69) is 63.3 Å². The first-order valence-corrected chi connectivity index (χ1v) is 8.41. The number of benzene rings is 1. The van der Waals surface area contributed by atoms with Gasteiger partial charge in [0.05, 0.1) is 5.69 Å². The van der Waals surface area contributed by atoms with E-state index in [9.17, 15) is 0 Å². The third-order valence-corrected chi connectivity index (χ3v) is 4.02. The maximum Gasteiger partial charge on any atom is 0.126 e. The quantitative estimate of drug-likeness (QED) is 0.666. The molecule has 0 amide bonds. The number of unbranched alkanes of at least 4 members (excludes halogenated alkanes) is 3. The first-order valence-electron chi connectivity index (χ1n) is 8.41. The number of nitrogens with one attached hydrogen (secondary N) is 1. The Morgan fingerprint density at radius 2 is 1.68 bits per heavy atom. The molecule has 0 unspecified atom stereocenters. The Kier molecular flexibility index (Phi) is 6.00. The van der Waals surface area contributed by atoms with Gasteiger partial charge in [0.15, 0.2) is 0 Å². The van der Waals surface area contributed by atoms with Crippen LogP contribution in [0.5, 0.6) is 0 Å². The lowest BCUT2D eigenvalue weighted by Gasteiger charge is -2.12. The topological polar surface area (TPSA) is 24.9 Å². The van der Waals surface area contributed by atoms with Crippen LogP contribution < -0.4 is 5.32 Å². The predicted octanol–water partition coefficient (Wildman–Crippen LogP) is 5.67. The molecule has 0 spiro atoms. The molecule has 22 heavy (non-hydrogen) atoms. The number of rotatable bonds is 7. The third-order valence-electron chi connectivity index (χ3n) is 4.02. The van der Waals surface area contributed by atoms with Gasteiger partial charge < -0.3 is 5.32 Å². The summed E-state index contributed by atoms with van der Waals surface area (Å²) in [5.41, 5.74) is 6.23. The summed E-state index contributed by atoms with van der Waals surface area (Å²) in [6.45, 7) is 9.72. The molecule has 2 aromatic rings. The van der Waals surface area contributed by atoms with Gasteiger partial charge in [0, 0.05) is 12.1 Å². The maximum absolute atomic E-state index is 4.80. The number of anilines is 1. The molecule has 1 heterocycles. The van der Waals surface area contributed by atoms with E-state index in [4.69, 9.17) is 4.98 Å². The van der Waals surface area contributed by atoms with Gasteiger partial charge in [-0.25, -0.2) is 4.98 Å². The minimum absolute atomic E-state index is 0.980. The Morgan fingerprint density at radius 1 is 0.955 bits per heavy atom. The number of hydrogen-bond acceptors (Lipinski definition) is 2. The van der Waals surface area contributed by atoms with E-state index in [0.29, 0.717) is 0 Å². The van der Waals surface area contributed by atoms with Gasteiger partial charge in [0.1, 0.15) is 5.82 Å². The van der Waals surface area contributed by atoms with Crippen LogP contribution >= 0.6 is 0 Å². The van der Waals surface area contributed by atoms with Crippen molar-refractivity contribution in [1.82, 2.24) is 4.98 Å². The van der Waals surface area contributed by atoms with Crippen LogP contribution in [-0.4, -0.2) is 11.5 Å². The van der Waals surface area contributed by atoms with E-state index in [1.54, 1.807) is 0 Å². The Hall–Kier alpha value is -1.83. The zero-order valence-corrected chi connectivity index (χ0v) is 14.4. The van der Waals surface area contributed by atoms with Gasteiger partial charge in [0.2, 0.25) is 0 Å². The molecule has 1 aromatic heterocycles. The highest BCUT2D eigenvalue weighted by Crippen LogP contribution is 2.27. The van der Waals surface area contributed by atoms with Crippen LogP contribution in [0.3, 0.4) is 0 Å². The summed E-state index contributed by atoms with van der Waals surface area (Å²) in [4.78, 5) is 4.80. The SMILES string of the molecule is CCCCCCNc1cccc(-c2c(C)cc(C)cc2C)n1. The predicted molar refractivity (Wildman–Crippen MR) is 96.5 cm³/mol. The lowest BCUT2D eigenvalue weighted by Crippen LogP contribution is -2.04. The van der Waals surface area contributed by atoms with Gasteiger partial charge in [0.25, 0.3) is 0 Å². The summed E-state index contributed by atoms with van der Waals surface area (Å²) >= 11 is 0. The largest absolute Gasteiger partial charge is 0.370 e. The van der Waals surface area contributed by atoms with E-state index in [0.717, 1.165) is 18.1 Å². The van der Waals surface area contributed by atoms with Crippen molar-refractivity contribution >= 4 is 5.82 Å². The molecule has 1 aromatic carbocycles. The van der Waals surface area contributed by atoms with Crippen molar-refractivity contribution < 1.29 is 0 Å². The molecule has 2 rings (SSSR count). The normalized spacial score (nSPS) is 10.7. The van der Waals surface area contributed by atoms with Crippen LogP contribution in [0.1, 0.15) is 49.3 Å². The molecule has 118 valence electrons. The van der Waals surface area contributed by atoms with Crippen molar-refractivity contribution in [3.63, 3.8) is 0 Å². The molecule has 0 atom stereocenters. The summed E-state index contributed by atoms with van der Waals surface area (Å²) in [5, 5.41) is 3.45. The fraction of sp³-hybridized carbons (Fsp3) is 0.450. The minimum atomic E-state index is 0.980. The Labute approximate surface area is 135 Å². The van der Waals surface area contributed by atoms with Crippen molar-refractivity contribution in [1.29, 1.82) is 0 Å². The fourth-order valence-corrected chi connectivity index (χ4v) is 3.02. The highest BCUT2D eigenvalue weighted by atomic mass is 15.0. The lowest BCUT2D eigenvalue weighted by atomic mass is 9.97. The second-order valence-electron chi connectivity index (χ2n) is 6.17. The molecular formula is C20H28N2. The molecule has 1 N–H and O–H groups in total. The van der Waals surface area contributed by atoms with Gasteiger partial charge in [-0.2, -0.15) is 0 Å². The summed E-state index contributed by atoms with van der Waals surface area (Å²) in [6, 6.07) is 10.7. The van der Waals surface area contributed by atoms with Crippen LogP contribution in [0.15, 0.2) is 30.3 Å². The Morgan fingerprint density at radius 3 is 2.36 bits per heavy atom. The van der Waals surface area contributed by atoms with Crippen molar-refractivity contribution in [3.8, 4) is 11.3 Å². The molecule has 0 aliphatic carbocycles. The molecule has 0 aliphatic rings. The molecule has 0 fully saturated rings. The molecule has 0 saturated carbocycles. The molecule has 0 bridgehead atoms. The standard InChI is InChI=1S/C20H28N2/c1-5-6-7-8-12-21-19-11-9-10-18(22-19)20-16(3)13-15(2)14-17(20)4/h9-11,13-14H,5-8,12H2,1-4H3,(H,21,22). The second-order valence-corrected chi connectivity index (χ2v) is 6.17. The highest BCUT2D eigenvalue weighted by molar-refractivity contribution is 5.69. The summed E-state index contributed by atoms with van der Waals surface area (Å²) in [6.07, 6.45) is 5.10. The van der Waals surface area contributed by atoms with Gasteiger partial charge in [-0.1, -0.05) is 49.9 Å². The molecular weight excluding hydrogens is 268 g/mol. The first kappa shape index (κ1) is 16.5. The average Bonchev–Trinajstić information content (AvgIpc) is 2.46. The van der Waals surface area contributed by atoms with E-state index in [1.165, 1.54) is 47.9 Å². The van der Waals surface area contributed by atoms with Gasteiger partial charge >= 0.3 is 0 Å². The van der Waals surface area contributed by atoms with Crippen LogP contribution in [-0.2, 0) is 0 Å². The van der Waals surface area contributed by atoms with Gasteiger partial charge in [-0.05, 0) is 50.5 Å². The number of aromatic nitrogens is 1. The number of nitrogens with zero attached hydrogens (tertiary/aromatic N) is 1. The number of hydrogen-bond donors (Lipinski definition) is 1. The monoisotopic (exact) mass is 296 g/mol. The zero-order chi connectivity index (χ0) is 15.9. The summed E-state index contributed by atoms with van der Waals surface area (Å²) in [5.74, 6) is 0.980. The van der Waals surface area contributed by atoms with Gasteiger partial charge in [-0.3, -0.25) is 0 Å². The number of pyridine rings is 1. The molecule has 2 heteroatoms. The zero-order valence-electron chi connectivity index (χ0n) is 14.4. The van der Waals surface area contributed by atoms with E-state index >= 15 is 0 Å². The lowest BCUT2D eigenvalue weighted by molar-refractivity contribution is 0.684. The molecule has 0 aliphatic heterocycles. The van der Waals surface area contributed by atoms with E-state index in [1.807, 2.05) is 0 Å². The van der Waals surface area contributed by atoms with Crippen LogP contribution in [0.25, 0.3) is 11.3 Å². The van der Waals surface area contributed by atoms with E-state index in [-0.39, 0.29) is 0 Å². The third kappa shape index (κ3) is 4.33. The van der Waals surface area contributed by atoms with E-state index < -0.39 is 0 Å². The van der Waals surface area contributed by atoms with Crippen molar-refractivity contribution in [3.05, 3.63) is 47.0 Å². The summed E-state index contributed by atoms with van der Waals surface area (Å²) < 4.78 is 0. The average molecular weight is 296 g/mol. The highest BCUT2D eigenvalue weighted by Gasteiger charge is 2.08. The van der Waals surface area contributed by atoms with Crippen molar-refractivity contribution in [2.24, 2.45) is 0 Å². The molecule has 0 saturated heterocycles.